The molecule has 1 saturated heterocycles. The van der Waals surface area contributed by atoms with Crippen molar-refractivity contribution in [3.05, 3.63) is 29.3 Å². The number of anilines is 1. The minimum Gasteiger partial charge on any atom is -0.354 e. The van der Waals surface area contributed by atoms with Gasteiger partial charge in [-0.25, -0.2) is 0 Å². The molecule has 2 heterocycles. The third kappa shape index (κ3) is 3.75. The smallest absolute Gasteiger partial charge is 0.228 e. The second-order valence-corrected chi connectivity index (χ2v) is 6.56. The Hall–Kier alpha value is -2.37. The summed E-state index contributed by atoms with van der Waals surface area (Å²) in [7, 11) is 0. The minimum absolute atomic E-state index is 0.0131. The van der Waals surface area contributed by atoms with E-state index in [-0.39, 0.29) is 23.8 Å². The predicted octanol–water partition coefficient (Wildman–Crippen LogP) is 1.24. The molecule has 0 aromatic heterocycles. The molecular weight excluding hydrogens is 306 g/mol. The van der Waals surface area contributed by atoms with E-state index < -0.39 is 0 Å². The molecule has 3 rings (SSSR count). The van der Waals surface area contributed by atoms with Crippen LogP contribution in [0.1, 0.15) is 37.3 Å². The van der Waals surface area contributed by atoms with Crippen LogP contribution in [0.2, 0.25) is 0 Å². The van der Waals surface area contributed by atoms with Gasteiger partial charge in [-0.1, -0.05) is 12.1 Å². The molecule has 0 saturated carbocycles. The maximum Gasteiger partial charge on any atom is 0.228 e. The van der Waals surface area contributed by atoms with E-state index in [1.165, 1.54) is 0 Å². The molecule has 1 fully saturated rings. The normalized spacial score (nSPS) is 20.2. The summed E-state index contributed by atoms with van der Waals surface area (Å²) in [6, 6.07) is 5.95. The number of benzene rings is 1. The molecule has 0 bridgehead atoms. The second-order valence-electron chi connectivity index (χ2n) is 6.56. The fourth-order valence-electron chi connectivity index (χ4n) is 3.38. The Labute approximate surface area is 141 Å². The molecule has 0 radical (unpaired) electrons. The summed E-state index contributed by atoms with van der Waals surface area (Å²) in [6.45, 7) is 3.03. The number of fused-ring (bicyclic) bond motifs is 1. The van der Waals surface area contributed by atoms with E-state index in [0.717, 1.165) is 29.7 Å². The van der Waals surface area contributed by atoms with Crippen molar-refractivity contribution < 1.29 is 14.4 Å². The summed E-state index contributed by atoms with van der Waals surface area (Å²) in [5.74, 6) is 0.159. The Balaban J connectivity index is 1.51. The highest BCUT2D eigenvalue weighted by molar-refractivity contribution is 5.99. The lowest BCUT2D eigenvalue weighted by Crippen LogP contribution is -2.39. The maximum atomic E-state index is 12.4. The van der Waals surface area contributed by atoms with Crippen LogP contribution >= 0.6 is 0 Å². The molecule has 2 aliphatic heterocycles. The van der Waals surface area contributed by atoms with Gasteiger partial charge >= 0.3 is 0 Å². The van der Waals surface area contributed by atoms with E-state index in [9.17, 15) is 14.4 Å². The van der Waals surface area contributed by atoms with Crippen LogP contribution in [0, 0.1) is 0 Å². The van der Waals surface area contributed by atoms with Gasteiger partial charge in [0.15, 0.2) is 0 Å². The predicted molar refractivity (Wildman–Crippen MR) is 90.5 cm³/mol. The minimum atomic E-state index is -0.0444. The fourth-order valence-corrected chi connectivity index (χ4v) is 3.38. The molecule has 6 nitrogen and oxygen atoms in total. The van der Waals surface area contributed by atoms with E-state index in [0.29, 0.717) is 32.4 Å². The van der Waals surface area contributed by atoms with Gasteiger partial charge in [0.25, 0.3) is 0 Å². The lowest BCUT2D eigenvalue weighted by Gasteiger charge is -2.26. The van der Waals surface area contributed by atoms with Crippen molar-refractivity contribution in [1.29, 1.82) is 0 Å². The molecule has 1 aromatic rings. The summed E-state index contributed by atoms with van der Waals surface area (Å²) >= 11 is 0. The van der Waals surface area contributed by atoms with Crippen molar-refractivity contribution in [2.75, 3.05) is 18.4 Å². The number of carbonyl (C=O) groups is 3. The number of nitrogens with zero attached hydrogens (tertiary/aromatic N) is 1. The van der Waals surface area contributed by atoms with Gasteiger partial charge in [-0.15, -0.1) is 0 Å². The zero-order valence-corrected chi connectivity index (χ0v) is 13.9. The first-order valence-corrected chi connectivity index (χ1v) is 8.51. The Kier molecular flexibility index (Phi) is 4.83. The maximum absolute atomic E-state index is 12.4. The number of aryl methyl sites for hydroxylation is 1. The van der Waals surface area contributed by atoms with Gasteiger partial charge in [0, 0.05) is 37.7 Å². The van der Waals surface area contributed by atoms with Crippen LogP contribution in [0.3, 0.4) is 0 Å². The lowest BCUT2D eigenvalue weighted by atomic mass is 10.0. The standard InChI is InChI=1S/C18H23N3O3/c1-12-9-16(22)19-7-8-21(12)18(24)4-2-3-13-5-6-15-14(10-13)11-17(23)20-15/h5-6,10,12H,2-4,7-9,11H2,1H3,(H,19,22)(H,20,23). The highest BCUT2D eigenvalue weighted by atomic mass is 16.2. The number of hydrogen-bond acceptors (Lipinski definition) is 3. The topological polar surface area (TPSA) is 78.5 Å². The number of hydrogen-bond donors (Lipinski definition) is 2. The molecule has 2 aliphatic rings. The average Bonchev–Trinajstić information content (AvgIpc) is 2.81. The van der Waals surface area contributed by atoms with Crippen LogP contribution in [0.5, 0.6) is 0 Å². The van der Waals surface area contributed by atoms with Crippen molar-refractivity contribution in [2.24, 2.45) is 0 Å². The van der Waals surface area contributed by atoms with Gasteiger partial charge in [-0.2, -0.15) is 0 Å². The van der Waals surface area contributed by atoms with E-state index in [1.54, 1.807) is 0 Å². The van der Waals surface area contributed by atoms with Crippen molar-refractivity contribution in [3.63, 3.8) is 0 Å². The summed E-state index contributed by atoms with van der Waals surface area (Å²) in [5.41, 5.74) is 3.09. The van der Waals surface area contributed by atoms with Crippen LogP contribution in [0.25, 0.3) is 0 Å². The molecule has 3 amide bonds. The van der Waals surface area contributed by atoms with Gasteiger partial charge in [0.05, 0.1) is 6.42 Å². The summed E-state index contributed by atoms with van der Waals surface area (Å²) in [4.78, 5) is 37.1. The first-order valence-electron chi connectivity index (χ1n) is 8.51. The van der Waals surface area contributed by atoms with Crippen molar-refractivity contribution in [1.82, 2.24) is 10.2 Å². The highest BCUT2D eigenvalue weighted by Gasteiger charge is 2.24. The first-order chi connectivity index (χ1) is 11.5. The SMILES string of the molecule is CC1CC(=O)NCCN1C(=O)CCCc1ccc2c(c1)CC(=O)N2. The van der Waals surface area contributed by atoms with E-state index in [2.05, 4.69) is 16.7 Å². The van der Waals surface area contributed by atoms with Crippen molar-refractivity contribution in [3.8, 4) is 0 Å². The molecule has 24 heavy (non-hydrogen) atoms. The number of nitrogens with one attached hydrogen (secondary N) is 2. The summed E-state index contributed by atoms with van der Waals surface area (Å²) in [6.07, 6.45) is 2.87. The van der Waals surface area contributed by atoms with E-state index >= 15 is 0 Å². The van der Waals surface area contributed by atoms with Gasteiger partial charge in [0.2, 0.25) is 17.7 Å². The molecule has 1 aromatic carbocycles. The van der Waals surface area contributed by atoms with Crippen LogP contribution in [-0.2, 0) is 27.2 Å². The second kappa shape index (κ2) is 7.03. The highest BCUT2D eigenvalue weighted by Crippen LogP contribution is 2.24. The molecule has 1 atom stereocenters. The monoisotopic (exact) mass is 329 g/mol. The van der Waals surface area contributed by atoms with Crippen LogP contribution in [-0.4, -0.2) is 41.8 Å². The summed E-state index contributed by atoms with van der Waals surface area (Å²) < 4.78 is 0. The Morgan fingerprint density at radius 3 is 2.96 bits per heavy atom. The van der Waals surface area contributed by atoms with E-state index in [1.807, 2.05) is 24.0 Å². The fraction of sp³-hybridized carbons (Fsp3) is 0.500. The molecule has 1 unspecified atom stereocenters. The Bertz CT molecular complexity index is 671. The molecule has 0 spiro atoms. The lowest BCUT2D eigenvalue weighted by molar-refractivity contribution is -0.133. The number of rotatable bonds is 4. The average molecular weight is 329 g/mol. The molecule has 0 aliphatic carbocycles. The third-order valence-electron chi connectivity index (χ3n) is 4.66. The molecule has 6 heteroatoms. The molecule has 2 N–H and O–H groups in total. The number of amides is 3. The first kappa shape index (κ1) is 16.5. The van der Waals surface area contributed by atoms with Crippen LogP contribution in [0.4, 0.5) is 5.69 Å². The quantitative estimate of drug-likeness (QED) is 0.872. The van der Waals surface area contributed by atoms with Crippen LogP contribution < -0.4 is 10.6 Å². The zero-order chi connectivity index (χ0) is 17.1. The van der Waals surface area contributed by atoms with Gasteiger partial charge < -0.3 is 15.5 Å². The molecular formula is C18H23N3O3. The summed E-state index contributed by atoms with van der Waals surface area (Å²) in [5, 5.41) is 5.63. The Morgan fingerprint density at radius 1 is 1.29 bits per heavy atom. The zero-order valence-electron chi connectivity index (χ0n) is 13.9. The van der Waals surface area contributed by atoms with Crippen molar-refractivity contribution >= 4 is 23.4 Å². The van der Waals surface area contributed by atoms with E-state index in [4.69, 9.17) is 0 Å². The van der Waals surface area contributed by atoms with Gasteiger partial charge in [0.1, 0.15) is 0 Å². The van der Waals surface area contributed by atoms with Crippen molar-refractivity contribution in [2.45, 2.75) is 45.1 Å². The van der Waals surface area contributed by atoms with Gasteiger partial charge in [-0.05, 0) is 37.0 Å². The molecule has 128 valence electrons. The van der Waals surface area contributed by atoms with Crippen LogP contribution in [0.15, 0.2) is 18.2 Å². The third-order valence-corrected chi connectivity index (χ3v) is 4.66. The largest absolute Gasteiger partial charge is 0.354 e. The van der Waals surface area contributed by atoms with Gasteiger partial charge in [-0.3, -0.25) is 14.4 Å². The Morgan fingerprint density at radius 2 is 2.12 bits per heavy atom. The number of carbonyl (C=O) groups excluding carboxylic acids is 3.